The SMILES string of the molecule is COc1ccc(/C=N\N=C/c2ccc(C#N)cc2)c(F)c1. The smallest absolute Gasteiger partial charge is 0.135 e. The minimum absolute atomic E-state index is 0.327. The summed E-state index contributed by atoms with van der Waals surface area (Å²) in [6.45, 7) is 0. The highest BCUT2D eigenvalue weighted by atomic mass is 19.1. The van der Waals surface area contributed by atoms with E-state index in [1.165, 1.54) is 25.6 Å². The molecule has 104 valence electrons. The van der Waals surface area contributed by atoms with Crippen LogP contribution in [0.25, 0.3) is 0 Å². The Morgan fingerprint density at radius 2 is 1.81 bits per heavy atom. The second-order valence-electron chi connectivity index (χ2n) is 4.11. The van der Waals surface area contributed by atoms with Gasteiger partial charge in [-0.25, -0.2) is 4.39 Å². The Labute approximate surface area is 121 Å². The number of benzene rings is 2. The maximum atomic E-state index is 13.6. The normalized spacial score (nSPS) is 10.9. The highest BCUT2D eigenvalue weighted by molar-refractivity contribution is 5.83. The number of hydrogen-bond donors (Lipinski definition) is 0. The zero-order chi connectivity index (χ0) is 15.1. The third kappa shape index (κ3) is 3.98. The fourth-order valence-corrected chi connectivity index (χ4v) is 1.58. The predicted molar refractivity (Wildman–Crippen MR) is 79.3 cm³/mol. The van der Waals surface area contributed by atoms with E-state index >= 15 is 0 Å². The lowest BCUT2D eigenvalue weighted by Gasteiger charge is -2.00. The number of ether oxygens (including phenoxy) is 1. The minimum Gasteiger partial charge on any atom is -0.497 e. The van der Waals surface area contributed by atoms with Crippen LogP contribution in [0, 0.1) is 17.1 Å². The Morgan fingerprint density at radius 1 is 1.10 bits per heavy atom. The number of methoxy groups -OCH3 is 1. The van der Waals surface area contributed by atoms with Crippen LogP contribution < -0.4 is 4.74 Å². The van der Waals surface area contributed by atoms with E-state index in [1.54, 1.807) is 36.4 Å². The van der Waals surface area contributed by atoms with E-state index in [1.807, 2.05) is 6.07 Å². The van der Waals surface area contributed by atoms with Gasteiger partial charge in [0.05, 0.1) is 31.2 Å². The van der Waals surface area contributed by atoms with Gasteiger partial charge >= 0.3 is 0 Å². The number of nitrogens with zero attached hydrogens (tertiary/aromatic N) is 3. The van der Waals surface area contributed by atoms with Crippen LogP contribution in [-0.4, -0.2) is 19.5 Å². The Bertz CT molecular complexity index is 715. The van der Waals surface area contributed by atoms with Crippen LogP contribution in [0.5, 0.6) is 5.75 Å². The van der Waals surface area contributed by atoms with Gasteiger partial charge < -0.3 is 4.74 Å². The summed E-state index contributed by atoms with van der Waals surface area (Å²) in [6.07, 6.45) is 2.86. The predicted octanol–water partition coefficient (Wildman–Crippen LogP) is 3.16. The molecule has 0 saturated carbocycles. The highest BCUT2D eigenvalue weighted by Gasteiger charge is 2.00. The fraction of sp³-hybridized carbons (Fsp3) is 0.0625. The summed E-state index contributed by atoms with van der Waals surface area (Å²) < 4.78 is 18.5. The molecular formula is C16H12FN3O. The molecule has 5 heteroatoms. The molecule has 0 atom stereocenters. The molecule has 21 heavy (non-hydrogen) atoms. The highest BCUT2D eigenvalue weighted by Crippen LogP contribution is 2.14. The first-order valence-corrected chi connectivity index (χ1v) is 6.13. The molecule has 0 aliphatic rings. The van der Waals surface area contributed by atoms with Crippen molar-refractivity contribution in [2.24, 2.45) is 10.2 Å². The third-order valence-electron chi connectivity index (χ3n) is 2.72. The summed E-state index contributed by atoms with van der Waals surface area (Å²) in [5.74, 6) is 0.0254. The lowest BCUT2D eigenvalue weighted by Crippen LogP contribution is -1.90. The maximum absolute atomic E-state index is 13.6. The van der Waals surface area contributed by atoms with Crippen LogP contribution >= 0.6 is 0 Å². The van der Waals surface area contributed by atoms with E-state index in [9.17, 15) is 4.39 Å². The fourth-order valence-electron chi connectivity index (χ4n) is 1.58. The molecule has 0 spiro atoms. The number of nitriles is 1. The van der Waals surface area contributed by atoms with Gasteiger partial charge in [-0.05, 0) is 29.8 Å². The molecule has 0 aliphatic heterocycles. The van der Waals surface area contributed by atoms with Crippen molar-refractivity contribution in [2.75, 3.05) is 7.11 Å². The molecule has 0 bridgehead atoms. The van der Waals surface area contributed by atoms with Crippen molar-refractivity contribution in [2.45, 2.75) is 0 Å². The lowest BCUT2D eigenvalue weighted by molar-refractivity contribution is 0.411. The number of rotatable bonds is 4. The molecule has 4 nitrogen and oxygen atoms in total. The Hall–Kier alpha value is -3.00. The minimum atomic E-state index is -0.424. The molecule has 0 aromatic heterocycles. The van der Waals surface area contributed by atoms with Crippen LogP contribution in [0.2, 0.25) is 0 Å². The van der Waals surface area contributed by atoms with Crippen LogP contribution in [0.15, 0.2) is 52.7 Å². The van der Waals surface area contributed by atoms with Gasteiger partial charge in [-0.2, -0.15) is 15.5 Å². The third-order valence-corrected chi connectivity index (χ3v) is 2.72. The van der Waals surface area contributed by atoms with Crippen LogP contribution in [0.4, 0.5) is 4.39 Å². The lowest BCUT2D eigenvalue weighted by atomic mass is 10.2. The van der Waals surface area contributed by atoms with Crippen molar-refractivity contribution >= 4 is 12.4 Å². The van der Waals surface area contributed by atoms with Crippen molar-refractivity contribution in [1.82, 2.24) is 0 Å². The van der Waals surface area contributed by atoms with Crippen molar-refractivity contribution in [3.05, 3.63) is 65.0 Å². The first-order valence-electron chi connectivity index (χ1n) is 6.13. The summed E-state index contributed by atoms with van der Waals surface area (Å²) in [5.41, 5.74) is 1.71. The van der Waals surface area contributed by atoms with E-state index in [2.05, 4.69) is 10.2 Å². The molecule has 0 radical (unpaired) electrons. The molecule has 0 saturated heterocycles. The summed E-state index contributed by atoms with van der Waals surface area (Å²) >= 11 is 0. The molecule has 0 aliphatic carbocycles. The molecule has 2 aromatic rings. The van der Waals surface area contributed by atoms with Gasteiger partial charge in [0.1, 0.15) is 11.6 Å². The van der Waals surface area contributed by atoms with E-state index in [-0.39, 0.29) is 0 Å². The zero-order valence-electron chi connectivity index (χ0n) is 11.3. The molecule has 0 N–H and O–H groups in total. The summed E-state index contributed by atoms with van der Waals surface area (Å²) in [4.78, 5) is 0. The second kappa shape index (κ2) is 6.96. The van der Waals surface area contributed by atoms with Gasteiger partial charge in [-0.1, -0.05) is 12.1 Å². The molecule has 2 aromatic carbocycles. The summed E-state index contributed by atoms with van der Waals surface area (Å²) in [5, 5.41) is 16.3. The maximum Gasteiger partial charge on any atom is 0.135 e. The zero-order valence-corrected chi connectivity index (χ0v) is 11.3. The van der Waals surface area contributed by atoms with Crippen molar-refractivity contribution in [3.8, 4) is 11.8 Å². The second-order valence-corrected chi connectivity index (χ2v) is 4.11. The quantitative estimate of drug-likeness (QED) is 0.638. The molecule has 0 amide bonds. The van der Waals surface area contributed by atoms with Gasteiger partial charge in [0.25, 0.3) is 0 Å². The molecular weight excluding hydrogens is 269 g/mol. The average Bonchev–Trinajstić information content (AvgIpc) is 2.53. The van der Waals surface area contributed by atoms with E-state index in [0.717, 1.165) is 5.56 Å². The van der Waals surface area contributed by atoms with Crippen LogP contribution in [0.3, 0.4) is 0 Å². The average molecular weight is 281 g/mol. The number of hydrogen-bond acceptors (Lipinski definition) is 4. The van der Waals surface area contributed by atoms with E-state index in [0.29, 0.717) is 16.9 Å². The summed E-state index contributed by atoms with van der Waals surface area (Å²) in [7, 11) is 1.48. The monoisotopic (exact) mass is 281 g/mol. The molecule has 0 fully saturated rings. The van der Waals surface area contributed by atoms with Gasteiger partial charge in [0.15, 0.2) is 0 Å². The van der Waals surface area contributed by atoms with Crippen molar-refractivity contribution < 1.29 is 9.13 Å². The number of halogens is 1. The van der Waals surface area contributed by atoms with Gasteiger partial charge in [-0.15, -0.1) is 0 Å². The van der Waals surface area contributed by atoms with Crippen LogP contribution in [-0.2, 0) is 0 Å². The molecule has 0 unspecified atom stereocenters. The molecule has 2 rings (SSSR count). The van der Waals surface area contributed by atoms with Crippen molar-refractivity contribution in [1.29, 1.82) is 5.26 Å². The van der Waals surface area contributed by atoms with E-state index in [4.69, 9.17) is 10.00 Å². The van der Waals surface area contributed by atoms with E-state index < -0.39 is 5.82 Å². The van der Waals surface area contributed by atoms with Gasteiger partial charge in [0.2, 0.25) is 0 Å². The Balaban J connectivity index is 2.04. The van der Waals surface area contributed by atoms with Crippen LogP contribution in [0.1, 0.15) is 16.7 Å². The van der Waals surface area contributed by atoms with Gasteiger partial charge in [-0.3, -0.25) is 0 Å². The standard InChI is InChI=1S/C16H12FN3O/c1-21-15-7-6-14(16(17)8-15)11-20-19-10-13-4-2-12(9-18)3-5-13/h2-8,10-11H,1H3/b19-10-,20-11-. The first kappa shape index (κ1) is 14.4. The largest absolute Gasteiger partial charge is 0.497 e. The Morgan fingerprint density at radius 3 is 2.43 bits per heavy atom. The Kier molecular flexibility index (Phi) is 4.78. The topological polar surface area (TPSA) is 57.7 Å². The van der Waals surface area contributed by atoms with Crippen molar-refractivity contribution in [3.63, 3.8) is 0 Å². The van der Waals surface area contributed by atoms with Gasteiger partial charge in [0, 0.05) is 11.6 Å². The first-order chi connectivity index (χ1) is 10.2. The molecule has 0 heterocycles. The summed E-state index contributed by atoms with van der Waals surface area (Å²) in [6, 6.07) is 13.4.